The Bertz CT molecular complexity index is 1200. The zero-order chi connectivity index (χ0) is 23.8. The Balaban J connectivity index is 1.64. The monoisotopic (exact) mass is 541 g/mol. The van der Waals surface area contributed by atoms with Crippen molar-refractivity contribution in [1.82, 2.24) is 20.3 Å². The second-order valence-electron chi connectivity index (χ2n) is 7.70. The van der Waals surface area contributed by atoms with Gasteiger partial charge in [-0.1, -0.05) is 0 Å². The van der Waals surface area contributed by atoms with E-state index >= 15 is 0 Å². The van der Waals surface area contributed by atoms with Gasteiger partial charge in [0.05, 0.1) is 4.88 Å². The number of nitrogens with one attached hydrogen (secondary N) is 2. The number of aromatic nitrogens is 3. The average Bonchev–Trinajstić information content (AvgIpc) is 3.18. The van der Waals surface area contributed by atoms with E-state index in [9.17, 15) is 23.1 Å². The summed E-state index contributed by atoms with van der Waals surface area (Å²) in [6, 6.07) is 4.32. The average molecular weight is 542 g/mol. The van der Waals surface area contributed by atoms with Crippen LogP contribution in [0.2, 0.25) is 0 Å². The molecule has 1 saturated heterocycles. The van der Waals surface area contributed by atoms with Crippen LogP contribution >= 0.6 is 27.3 Å². The summed E-state index contributed by atoms with van der Waals surface area (Å²) >= 11 is 4.87. The summed E-state index contributed by atoms with van der Waals surface area (Å²) in [5, 5.41) is 17.2. The molecule has 1 fully saturated rings. The van der Waals surface area contributed by atoms with Crippen LogP contribution in [-0.2, 0) is 16.6 Å². The van der Waals surface area contributed by atoms with Crippen molar-refractivity contribution >= 4 is 44.8 Å². The first-order valence-corrected chi connectivity index (χ1v) is 11.6. The van der Waals surface area contributed by atoms with E-state index in [-0.39, 0.29) is 24.7 Å². The molecule has 12 heteroatoms. The molecule has 3 aromatic rings. The molecule has 0 bridgehead atoms. The van der Waals surface area contributed by atoms with E-state index in [0.29, 0.717) is 23.7 Å². The van der Waals surface area contributed by atoms with Gasteiger partial charge in [0.15, 0.2) is 0 Å². The number of rotatable bonds is 4. The fourth-order valence-electron chi connectivity index (χ4n) is 3.50. The highest BCUT2D eigenvalue weighted by molar-refractivity contribution is 9.10. The van der Waals surface area contributed by atoms with E-state index in [1.165, 1.54) is 11.3 Å². The predicted octanol–water partition coefficient (Wildman–Crippen LogP) is 4.92. The summed E-state index contributed by atoms with van der Waals surface area (Å²) in [5.74, 6) is -0.274. The number of benzene rings is 1. The van der Waals surface area contributed by atoms with Crippen molar-refractivity contribution in [2.75, 3.05) is 11.9 Å². The van der Waals surface area contributed by atoms with E-state index in [2.05, 4.69) is 41.5 Å². The van der Waals surface area contributed by atoms with Gasteiger partial charge >= 0.3 is 6.18 Å². The lowest BCUT2D eigenvalue weighted by atomic mass is 9.96. The fourth-order valence-corrected chi connectivity index (χ4v) is 5.15. The van der Waals surface area contributed by atoms with Gasteiger partial charge in [-0.3, -0.25) is 4.79 Å². The van der Waals surface area contributed by atoms with Crippen LogP contribution in [0.4, 0.5) is 24.8 Å². The molecule has 0 saturated carbocycles. The minimum Gasteiger partial charge on any atom is -0.383 e. The van der Waals surface area contributed by atoms with Gasteiger partial charge in [0.1, 0.15) is 16.3 Å². The Hall–Kier alpha value is -2.57. The number of halogens is 4. The van der Waals surface area contributed by atoms with Crippen LogP contribution in [0.3, 0.4) is 0 Å². The summed E-state index contributed by atoms with van der Waals surface area (Å²) in [4.78, 5) is 24.3. The van der Waals surface area contributed by atoms with Gasteiger partial charge in [-0.15, -0.1) is 11.3 Å². The summed E-state index contributed by atoms with van der Waals surface area (Å²) in [5.41, 5.74) is -0.154. The number of thiazole rings is 1. The number of carbonyl (C=O) groups excluding carboxylic acids is 1. The molecule has 1 aliphatic rings. The van der Waals surface area contributed by atoms with Crippen LogP contribution in [0.25, 0.3) is 10.4 Å². The van der Waals surface area contributed by atoms with Gasteiger partial charge in [-0.25, -0.2) is 15.0 Å². The summed E-state index contributed by atoms with van der Waals surface area (Å²) in [6.45, 7) is 2.22. The van der Waals surface area contributed by atoms with Gasteiger partial charge in [-0.05, 0) is 53.0 Å². The topological polar surface area (TPSA) is 100 Å². The number of aliphatic hydroxyl groups is 1. The Morgan fingerprint density at radius 2 is 2.06 bits per heavy atom. The first kappa shape index (κ1) is 23.6. The molecule has 0 spiro atoms. The Labute approximate surface area is 199 Å². The van der Waals surface area contributed by atoms with E-state index in [4.69, 9.17) is 0 Å². The van der Waals surface area contributed by atoms with E-state index in [1.807, 2.05) is 6.92 Å². The summed E-state index contributed by atoms with van der Waals surface area (Å²) in [7, 11) is 0. The molecule has 1 aliphatic heterocycles. The summed E-state index contributed by atoms with van der Waals surface area (Å²) in [6.07, 6.45) is -1.03. The molecule has 2 aromatic heterocycles. The summed E-state index contributed by atoms with van der Waals surface area (Å²) < 4.78 is 39.7. The number of anilines is 2. The number of hydrogen-bond acceptors (Lipinski definition) is 7. The first-order valence-electron chi connectivity index (χ1n) is 9.98. The maximum atomic E-state index is 13.0. The molecule has 4 rings (SSSR count). The lowest BCUT2D eigenvalue weighted by Crippen LogP contribution is -2.27. The second kappa shape index (κ2) is 8.99. The smallest absolute Gasteiger partial charge is 0.383 e. The Kier molecular flexibility index (Phi) is 6.43. The molecular formula is C21H19BrF3N5O2S. The number of carbonyl (C=O) groups is 1. The normalized spacial score (nSPS) is 19.2. The molecule has 0 aliphatic carbocycles. The van der Waals surface area contributed by atoms with E-state index in [1.54, 1.807) is 18.3 Å². The molecular weight excluding hydrogens is 523 g/mol. The van der Waals surface area contributed by atoms with Gasteiger partial charge in [0.2, 0.25) is 11.9 Å². The molecule has 33 heavy (non-hydrogen) atoms. The van der Waals surface area contributed by atoms with Gasteiger partial charge in [-0.2, -0.15) is 13.2 Å². The minimum absolute atomic E-state index is 0.100. The quantitative estimate of drug-likeness (QED) is 0.433. The van der Waals surface area contributed by atoms with Crippen molar-refractivity contribution in [2.45, 2.75) is 38.0 Å². The molecule has 174 valence electrons. The molecule has 3 N–H and O–H groups in total. The molecule has 7 nitrogen and oxygen atoms in total. The maximum Gasteiger partial charge on any atom is 0.433 e. The largest absolute Gasteiger partial charge is 0.433 e. The van der Waals surface area contributed by atoms with Gasteiger partial charge in [0, 0.05) is 47.5 Å². The third-order valence-corrected chi connectivity index (χ3v) is 7.53. The third-order valence-electron chi connectivity index (χ3n) is 5.25. The minimum atomic E-state index is -4.57. The van der Waals surface area contributed by atoms with Crippen molar-refractivity contribution in [2.24, 2.45) is 0 Å². The van der Waals surface area contributed by atoms with Crippen LogP contribution in [-0.4, -0.2) is 32.5 Å². The molecule has 1 amide bonds. The maximum absolute atomic E-state index is 13.0. The Morgan fingerprint density at radius 3 is 2.82 bits per heavy atom. The lowest BCUT2D eigenvalue weighted by molar-refractivity contribution is -0.141. The molecule has 0 unspecified atom stereocenters. The van der Waals surface area contributed by atoms with Crippen molar-refractivity contribution in [3.8, 4) is 10.4 Å². The van der Waals surface area contributed by atoms with Crippen molar-refractivity contribution in [3.05, 3.63) is 51.3 Å². The van der Waals surface area contributed by atoms with Crippen molar-refractivity contribution in [3.63, 3.8) is 0 Å². The number of alkyl halides is 3. The van der Waals surface area contributed by atoms with Crippen LogP contribution < -0.4 is 10.6 Å². The standard InChI is InChI=1S/C21H19BrF3N5O2S/c1-11-8-12(29-19-27-6-3-15(30-19)21(23,24)25)9-13(17(11)22)14-10-28-18(33-14)20(32)4-2-16(31)26-7-5-20/h3,6,8-10,32H,2,4-5,7H2,1H3,(H,26,31)(H,27,29,30)/t20-/m0/s1. The van der Waals surface area contributed by atoms with Crippen LogP contribution in [0.15, 0.2) is 35.1 Å². The number of nitrogens with zero attached hydrogens (tertiary/aromatic N) is 3. The zero-order valence-electron chi connectivity index (χ0n) is 17.3. The number of hydrogen-bond donors (Lipinski definition) is 3. The van der Waals surface area contributed by atoms with Crippen molar-refractivity contribution in [1.29, 1.82) is 0 Å². The van der Waals surface area contributed by atoms with Crippen LogP contribution in [0.5, 0.6) is 0 Å². The number of amides is 1. The van der Waals surface area contributed by atoms with E-state index in [0.717, 1.165) is 32.7 Å². The van der Waals surface area contributed by atoms with Crippen LogP contribution in [0, 0.1) is 6.92 Å². The molecule has 1 aromatic carbocycles. The highest BCUT2D eigenvalue weighted by Gasteiger charge is 2.35. The molecule has 3 heterocycles. The highest BCUT2D eigenvalue weighted by atomic mass is 79.9. The fraction of sp³-hybridized carbons (Fsp3) is 0.333. The highest BCUT2D eigenvalue weighted by Crippen LogP contribution is 2.41. The van der Waals surface area contributed by atoms with Crippen LogP contribution in [0.1, 0.15) is 35.5 Å². The van der Waals surface area contributed by atoms with E-state index < -0.39 is 17.5 Å². The van der Waals surface area contributed by atoms with Gasteiger partial charge < -0.3 is 15.7 Å². The van der Waals surface area contributed by atoms with Gasteiger partial charge in [0.25, 0.3) is 0 Å². The first-order chi connectivity index (χ1) is 15.5. The predicted molar refractivity (Wildman–Crippen MR) is 121 cm³/mol. The third kappa shape index (κ3) is 5.17. The van der Waals surface area contributed by atoms with Crippen molar-refractivity contribution < 1.29 is 23.1 Å². The lowest BCUT2D eigenvalue weighted by Gasteiger charge is -2.22. The molecule has 0 radical (unpaired) electrons. The Morgan fingerprint density at radius 1 is 1.27 bits per heavy atom. The SMILES string of the molecule is Cc1cc(Nc2nccc(C(F)(F)F)n2)cc(-c2cnc([C@@]3(O)CCNC(=O)CC3)s2)c1Br. The molecule has 1 atom stereocenters. The number of aryl methyl sites for hydroxylation is 1. The zero-order valence-corrected chi connectivity index (χ0v) is 19.7. The second-order valence-corrected chi connectivity index (χ2v) is 9.53.